The van der Waals surface area contributed by atoms with E-state index < -0.39 is 40.2 Å². The van der Waals surface area contributed by atoms with Gasteiger partial charge in [0.05, 0.1) is 17.9 Å². The van der Waals surface area contributed by atoms with E-state index in [1.165, 1.54) is 36.7 Å². The number of nitrogens with one attached hydrogen (secondary N) is 2. The topological polar surface area (TPSA) is 123 Å². The second kappa shape index (κ2) is 8.75. The maximum atomic E-state index is 13.3. The van der Waals surface area contributed by atoms with Crippen LogP contribution in [0.2, 0.25) is 0 Å². The Kier molecular flexibility index (Phi) is 6.31. The number of hydrogen-bond acceptors (Lipinski definition) is 8. The molecule has 1 aromatic carbocycles. The van der Waals surface area contributed by atoms with E-state index in [9.17, 15) is 21.6 Å². The minimum atomic E-state index is -3.52. The first kappa shape index (κ1) is 21.6. The number of anilines is 1. The Morgan fingerprint density at radius 3 is 2.23 bits per heavy atom. The number of rotatable bonds is 8. The minimum Gasteiger partial charge on any atom is -0.415 e. The SMILES string of the molecule is CC(NS(C)(=O)=O)[C@H](Nc1ncc(-c2nnc(C(F)F)o2)cn1)c1ccc(F)cc1. The number of alkyl halides is 2. The molecule has 160 valence electrons. The van der Waals surface area contributed by atoms with Crippen molar-refractivity contribution in [3.63, 3.8) is 0 Å². The van der Waals surface area contributed by atoms with Gasteiger partial charge in [-0.25, -0.2) is 27.5 Å². The molecule has 0 aliphatic heterocycles. The molecule has 0 fully saturated rings. The highest BCUT2D eigenvalue weighted by atomic mass is 32.2. The van der Waals surface area contributed by atoms with Gasteiger partial charge in [-0.05, 0) is 24.6 Å². The first-order chi connectivity index (χ1) is 14.1. The minimum absolute atomic E-state index is 0.115. The highest BCUT2D eigenvalue weighted by Gasteiger charge is 2.23. The molecule has 0 bridgehead atoms. The van der Waals surface area contributed by atoms with Gasteiger partial charge in [0, 0.05) is 18.4 Å². The summed E-state index contributed by atoms with van der Waals surface area (Å²) in [4.78, 5) is 8.16. The molecule has 30 heavy (non-hydrogen) atoms. The molecule has 1 unspecified atom stereocenters. The molecule has 2 aromatic heterocycles. The van der Waals surface area contributed by atoms with Gasteiger partial charge in [-0.3, -0.25) is 0 Å². The van der Waals surface area contributed by atoms with Gasteiger partial charge < -0.3 is 9.73 Å². The largest absolute Gasteiger partial charge is 0.415 e. The van der Waals surface area contributed by atoms with E-state index in [-0.39, 0.29) is 17.4 Å². The molecule has 0 saturated heterocycles. The van der Waals surface area contributed by atoms with Crippen molar-refractivity contribution in [1.82, 2.24) is 24.9 Å². The van der Waals surface area contributed by atoms with Crippen LogP contribution in [-0.4, -0.2) is 40.9 Å². The summed E-state index contributed by atoms with van der Waals surface area (Å²) in [5, 5.41) is 9.73. The van der Waals surface area contributed by atoms with Crippen molar-refractivity contribution >= 4 is 16.0 Å². The molecule has 0 aliphatic carbocycles. The van der Waals surface area contributed by atoms with Gasteiger partial charge in [-0.1, -0.05) is 12.1 Å². The first-order valence-corrected chi connectivity index (χ1v) is 10.4. The second-order valence-corrected chi connectivity index (χ2v) is 8.17. The van der Waals surface area contributed by atoms with Crippen LogP contribution in [0.5, 0.6) is 0 Å². The maximum absolute atomic E-state index is 13.3. The molecule has 3 aromatic rings. The Balaban J connectivity index is 1.83. The highest BCUT2D eigenvalue weighted by Crippen LogP contribution is 2.25. The predicted molar refractivity (Wildman–Crippen MR) is 100 cm³/mol. The Morgan fingerprint density at radius 1 is 1.07 bits per heavy atom. The van der Waals surface area contributed by atoms with E-state index in [1.807, 2.05) is 0 Å². The number of sulfonamides is 1. The van der Waals surface area contributed by atoms with Gasteiger partial charge in [-0.15, -0.1) is 10.2 Å². The number of halogens is 3. The Hall–Kier alpha value is -3.06. The predicted octanol–water partition coefficient (Wildman–Crippen LogP) is 2.69. The van der Waals surface area contributed by atoms with Gasteiger partial charge in [-0.2, -0.15) is 8.78 Å². The van der Waals surface area contributed by atoms with Crippen LogP contribution in [0.1, 0.15) is 30.8 Å². The summed E-state index contributed by atoms with van der Waals surface area (Å²) >= 11 is 0. The highest BCUT2D eigenvalue weighted by molar-refractivity contribution is 7.88. The van der Waals surface area contributed by atoms with Crippen LogP contribution in [0.3, 0.4) is 0 Å². The smallest absolute Gasteiger partial charge is 0.314 e. The fraction of sp³-hybridized carbons (Fsp3) is 0.294. The molecule has 0 aliphatic rings. The standard InChI is InChI=1S/C17H17F3N6O3S/c1-9(26-30(2,27)28)13(10-3-5-12(18)6-4-10)23-17-21-7-11(8-22-17)15-24-25-16(29-15)14(19)20/h3-9,13-14,26H,1-2H3,(H,21,22,23)/t9?,13-/m0/s1. The first-order valence-electron chi connectivity index (χ1n) is 8.55. The fourth-order valence-corrected chi connectivity index (χ4v) is 3.48. The van der Waals surface area contributed by atoms with E-state index in [1.54, 1.807) is 6.92 Å². The zero-order chi connectivity index (χ0) is 21.9. The lowest BCUT2D eigenvalue weighted by Crippen LogP contribution is -2.39. The average Bonchev–Trinajstić information content (AvgIpc) is 3.16. The maximum Gasteiger partial charge on any atom is 0.314 e. The third-order valence-corrected chi connectivity index (χ3v) is 4.74. The van der Waals surface area contributed by atoms with Crippen LogP contribution in [0.4, 0.5) is 19.1 Å². The molecule has 0 amide bonds. The summed E-state index contributed by atoms with van der Waals surface area (Å²) in [6.45, 7) is 1.63. The molecule has 2 N–H and O–H groups in total. The Morgan fingerprint density at radius 2 is 1.70 bits per heavy atom. The Labute approximate surface area is 169 Å². The lowest BCUT2D eigenvalue weighted by Gasteiger charge is -2.26. The molecule has 2 atom stereocenters. The molecule has 0 radical (unpaired) electrons. The zero-order valence-corrected chi connectivity index (χ0v) is 16.6. The summed E-state index contributed by atoms with van der Waals surface area (Å²) in [5.74, 6) is -1.31. The van der Waals surface area contributed by atoms with Crippen LogP contribution in [0.25, 0.3) is 11.5 Å². The lowest BCUT2D eigenvalue weighted by molar-refractivity contribution is 0.116. The molecule has 3 rings (SSSR count). The van der Waals surface area contributed by atoms with E-state index in [0.717, 1.165) is 6.26 Å². The molecule has 0 spiro atoms. The average molecular weight is 442 g/mol. The molecule has 2 heterocycles. The Bertz CT molecular complexity index is 1090. The fourth-order valence-electron chi connectivity index (χ4n) is 2.66. The van der Waals surface area contributed by atoms with Gasteiger partial charge >= 0.3 is 6.43 Å². The van der Waals surface area contributed by atoms with Crippen molar-refractivity contribution in [2.24, 2.45) is 0 Å². The third-order valence-electron chi connectivity index (χ3n) is 3.94. The molecule has 13 heteroatoms. The van der Waals surface area contributed by atoms with Crippen LogP contribution in [0.15, 0.2) is 41.1 Å². The molecular weight excluding hydrogens is 425 g/mol. The number of hydrogen-bond donors (Lipinski definition) is 2. The van der Waals surface area contributed by atoms with Crippen LogP contribution in [0, 0.1) is 5.82 Å². The van der Waals surface area contributed by atoms with Crippen molar-refractivity contribution in [3.8, 4) is 11.5 Å². The summed E-state index contributed by atoms with van der Waals surface area (Å²) in [6, 6.07) is 4.23. The molecule has 9 nitrogen and oxygen atoms in total. The van der Waals surface area contributed by atoms with Crippen molar-refractivity contribution < 1.29 is 26.0 Å². The molecular formula is C17H17F3N6O3S. The van der Waals surface area contributed by atoms with Gasteiger partial charge in [0.25, 0.3) is 11.8 Å². The zero-order valence-electron chi connectivity index (χ0n) is 15.8. The number of nitrogens with zero attached hydrogens (tertiary/aromatic N) is 4. The van der Waals surface area contributed by atoms with Crippen molar-refractivity contribution in [3.05, 3.63) is 53.9 Å². The van der Waals surface area contributed by atoms with E-state index in [0.29, 0.717) is 5.56 Å². The summed E-state index contributed by atoms with van der Waals surface area (Å²) in [7, 11) is -3.52. The van der Waals surface area contributed by atoms with Gasteiger partial charge in [0.2, 0.25) is 16.0 Å². The summed E-state index contributed by atoms with van der Waals surface area (Å²) in [6.07, 6.45) is 0.700. The number of benzene rings is 1. The summed E-state index contributed by atoms with van der Waals surface area (Å²) < 4.78 is 69.0. The monoisotopic (exact) mass is 442 g/mol. The normalized spacial score (nSPS) is 13.9. The number of aromatic nitrogens is 4. The van der Waals surface area contributed by atoms with Crippen LogP contribution < -0.4 is 10.0 Å². The van der Waals surface area contributed by atoms with E-state index in [2.05, 4.69) is 30.2 Å². The lowest BCUT2D eigenvalue weighted by atomic mass is 10.0. The van der Waals surface area contributed by atoms with Crippen molar-refractivity contribution in [2.75, 3.05) is 11.6 Å². The quantitative estimate of drug-likeness (QED) is 0.546. The van der Waals surface area contributed by atoms with Gasteiger partial charge in [0.1, 0.15) is 5.82 Å². The third kappa shape index (κ3) is 5.51. The van der Waals surface area contributed by atoms with E-state index >= 15 is 0 Å². The summed E-state index contributed by atoms with van der Waals surface area (Å²) in [5.41, 5.74) is 0.812. The van der Waals surface area contributed by atoms with Gasteiger partial charge in [0.15, 0.2) is 0 Å². The second-order valence-electron chi connectivity index (χ2n) is 6.39. The van der Waals surface area contributed by atoms with Crippen LogP contribution in [-0.2, 0) is 10.0 Å². The van der Waals surface area contributed by atoms with E-state index in [4.69, 9.17) is 4.42 Å². The van der Waals surface area contributed by atoms with Crippen molar-refractivity contribution in [1.29, 1.82) is 0 Å². The van der Waals surface area contributed by atoms with Crippen molar-refractivity contribution in [2.45, 2.75) is 25.4 Å². The molecule has 0 saturated carbocycles. The van der Waals surface area contributed by atoms with Crippen LogP contribution >= 0.6 is 0 Å².